The SMILES string of the molecule is O=C(CSc1ccccc1Cl)NCc1cccnc1-n1cccn1. The largest absolute Gasteiger partial charge is 0.351 e. The second-order valence-electron chi connectivity index (χ2n) is 4.93. The minimum Gasteiger partial charge on any atom is -0.351 e. The van der Waals surface area contributed by atoms with Crippen LogP contribution in [0.15, 0.2) is 66.0 Å². The Morgan fingerprint density at radius 3 is 2.83 bits per heavy atom. The van der Waals surface area contributed by atoms with Crippen molar-refractivity contribution >= 4 is 29.3 Å². The van der Waals surface area contributed by atoms with Gasteiger partial charge in [0.2, 0.25) is 5.91 Å². The Morgan fingerprint density at radius 2 is 2.04 bits per heavy atom. The van der Waals surface area contributed by atoms with Crippen LogP contribution in [0.4, 0.5) is 0 Å². The maximum atomic E-state index is 12.1. The molecule has 24 heavy (non-hydrogen) atoms. The molecule has 0 atom stereocenters. The molecule has 1 aromatic carbocycles. The van der Waals surface area contributed by atoms with Gasteiger partial charge >= 0.3 is 0 Å². The Morgan fingerprint density at radius 1 is 1.17 bits per heavy atom. The number of amides is 1. The Hall–Kier alpha value is -2.31. The van der Waals surface area contributed by atoms with E-state index in [1.807, 2.05) is 48.7 Å². The van der Waals surface area contributed by atoms with Gasteiger partial charge in [0.15, 0.2) is 5.82 Å². The quantitative estimate of drug-likeness (QED) is 0.687. The molecule has 2 aromatic heterocycles. The maximum Gasteiger partial charge on any atom is 0.230 e. The van der Waals surface area contributed by atoms with E-state index < -0.39 is 0 Å². The molecule has 1 N–H and O–H groups in total. The topological polar surface area (TPSA) is 59.8 Å². The lowest BCUT2D eigenvalue weighted by molar-refractivity contribution is -0.118. The number of hydrogen-bond acceptors (Lipinski definition) is 4. The molecule has 2 heterocycles. The first-order chi connectivity index (χ1) is 11.7. The van der Waals surface area contributed by atoms with Crippen LogP contribution in [0, 0.1) is 0 Å². The standard InChI is InChI=1S/C17H15ClN4OS/c18-14-6-1-2-7-15(14)24-12-16(23)20-11-13-5-3-8-19-17(13)22-10-4-9-21-22/h1-10H,11-12H2,(H,20,23). The Balaban J connectivity index is 1.58. The van der Waals surface area contributed by atoms with E-state index in [0.717, 1.165) is 10.5 Å². The normalized spacial score (nSPS) is 10.5. The highest BCUT2D eigenvalue weighted by Gasteiger charge is 2.09. The van der Waals surface area contributed by atoms with E-state index in [1.165, 1.54) is 11.8 Å². The lowest BCUT2D eigenvalue weighted by atomic mass is 10.2. The van der Waals surface area contributed by atoms with Crippen molar-refractivity contribution in [2.24, 2.45) is 0 Å². The van der Waals surface area contributed by atoms with E-state index in [9.17, 15) is 4.79 Å². The lowest BCUT2D eigenvalue weighted by Crippen LogP contribution is -2.25. The van der Waals surface area contributed by atoms with Crippen LogP contribution in [0.1, 0.15) is 5.56 Å². The summed E-state index contributed by atoms with van der Waals surface area (Å²) < 4.78 is 1.68. The highest BCUT2D eigenvalue weighted by molar-refractivity contribution is 8.00. The summed E-state index contributed by atoms with van der Waals surface area (Å²) in [4.78, 5) is 17.3. The van der Waals surface area contributed by atoms with Gasteiger partial charge in [-0.1, -0.05) is 29.8 Å². The Labute approximate surface area is 149 Å². The molecule has 0 saturated heterocycles. The molecule has 0 fully saturated rings. The van der Waals surface area contributed by atoms with Crippen molar-refractivity contribution in [3.63, 3.8) is 0 Å². The number of pyridine rings is 1. The number of nitrogens with one attached hydrogen (secondary N) is 1. The molecule has 0 aliphatic heterocycles. The van der Waals surface area contributed by atoms with Gasteiger partial charge in [0.05, 0.1) is 10.8 Å². The van der Waals surface area contributed by atoms with Gasteiger partial charge in [-0.15, -0.1) is 11.8 Å². The number of hydrogen-bond donors (Lipinski definition) is 1. The summed E-state index contributed by atoms with van der Waals surface area (Å²) >= 11 is 7.50. The van der Waals surface area contributed by atoms with Crippen LogP contribution in [0.3, 0.4) is 0 Å². The van der Waals surface area contributed by atoms with E-state index in [2.05, 4.69) is 15.4 Å². The molecule has 0 unspecified atom stereocenters. The first-order valence-corrected chi connectivity index (χ1v) is 8.68. The van der Waals surface area contributed by atoms with Crippen molar-refractivity contribution in [2.75, 3.05) is 5.75 Å². The van der Waals surface area contributed by atoms with Gasteiger partial charge in [-0.25, -0.2) is 9.67 Å². The summed E-state index contributed by atoms with van der Waals surface area (Å²) in [7, 11) is 0. The molecule has 3 rings (SSSR count). The summed E-state index contributed by atoms with van der Waals surface area (Å²) in [6.45, 7) is 0.394. The number of benzene rings is 1. The first kappa shape index (κ1) is 16.5. The van der Waals surface area contributed by atoms with Crippen molar-refractivity contribution in [2.45, 2.75) is 11.4 Å². The van der Waals surface area contributed by atoms with Crippen molar-refractivity contribution in [1.29, 1.82) is 0 Å². The van der Waals surface area contributed by atoms with E-state index >= 15 is 0 Å². The summed E-state index contributed by atoms with van der Waals surface area (Å²) in [5.74, 6) is 0.956. The van der Waals surface area contributed by atoms with Gasteiger partial charge in [-0.3, -0.25) is 4.79 Å². The molecule has 0 aliphatic rings. The maximum absolute atomic E-state index is 12.1. The zero-order valence-corrected chi connectivity index (χ0v) is 14.3. The molecular formula is C17H15ClN4OS. The van der Waals surface area contributed by atoms with Crippen LogP contribution in [-0.4, -0.2) is 26.4 Å². The zero-order chi connectivity index (χ0) is 16.8. The van der Waals surface area contributed by atoms with E-state index in [-0.39, 0.29) is 5.91 Å². The molecule has 0 spiro atoms. The molecule has 0 bridgehead atoms. The van der Waals surface area contributed by atoms with Crippen LogP contribution in [-0.2, 0) is 11.3 Å². The van der Waals surface area contributed by atoms with Crippen molar-refractivity contribution in [3.05, 3.63) is 71.6 Å². The number of rotatable bonds is 6. The van der Waals surface area contributed by atoms with E-state index in [1.54, 1.807) is 17.1 Å². The van der Waals surface area contributed by atoms with Gasteiger partial charge in [0.1, 0.15) is 0 Å². The fraction of sp³-hybridized carbons (Fsp3) is 0.118. The first-order valence-electron chi connectivity index (χ1n) is 7.32. The second-order valence-corrected chi connectivity index (χ2v) is 6.36. The monoisotopic (exact) mass is 358 g/mol. The zero-order valence-electron chi connectivity index (χ0n) is 12.7. The van der Waals surface area contributed by atoms with Gasteiger partial charge in [-0.2, -0.15) is 5.10 Å². The molecule has 1 amide bonds. The minimum absolute atomic E-state index is 0.0600. The Bertz CT molecular complexity index is 823. The van der Waals surface area contributed by atoms with Gasteiger partial charge < -0.3 is 5.32 Å². The average Bonchev–Trinajstić information content (AvgIpc) is 3.14. The van der Waals surface area contributed by atoms with Crippen molar-refractivity contribution < 1.29 is 4.79 Å². The molecule has 0 saturated carbocycles. The summed E-state index contributed by atoms with van der Waals surface area (Å²) in [6.07, 6.45) is 5.22. The minimum atomic E-state index is -0.0600. The number of thioether (sulfide) groups is 1. The predicted octanol–water partition coefficient (Wildman–Crippen LogP) is 3.33. The second kappa shape index (κ2) is 7.99. The summed E-state index contributed by atoms with van der Waals surface area (Å²) in [6, 6.07) is 13.1. The number of carbonyl (C=O) groups excluding carboxylic acids is 1. The third-order valence-corrected chi connectivity index (χ3v) is 4.78. The summed E-state index contributed by atoms with van der Waals surface area (Å²) in [5.41, 5.74) is 0.900. The van der Waals surface area contributed by atoms with E-state index in [4.69, 9.17) is 11.6 Å². The van der Waals surface area contributed by atoms with Crippen LogP contribution in [0.25, 0.3) is 5.82 Å². The predicted molar refractivity (Wildman–Crippen MR) is 95.4 cm³/mol. The van der Waals surface area contributed by atoms with Crippen LogP contribution >= 0.6 is 23.4 Å². The lowest BCUT2D eigenvalue weighted by Gasteiger charge is -2.10. The molecule has 7 heteroatoms. The van der Waals surface area contributed by atoms with Crippen LogP contribution in [0.5, 0.6) is 0 Å². The number of aromatic nitrogens is 3. The number of carbonyl (C=O) groups is 1. The van der Waals surface area contributed by atoms with Crippen LogP contribution < -0.4 is 5.32 Å². The molecule has 0 radical (unpaired) electrons. The third-order valence-electron chi connectivity index (χ3n) is 3.26. The average molecular weight is 359 g/mol. The van der Waals surface area contributed by atoms with E-state index in [0.29, 0.717) is 23.1 Å². The molecule has 122 valence electrons. The number of halogens is 1. The Kier molecular flexibility index (Phi) is 5.51. The summed E-state index contributed by atoms with van der Waals surface area (Å²) in [5, 5.41) is 7.75. The van der Waals surface area contributed by atoms with Crippen molar-refractivity contribution in [3.8, 4) is 5.82 Å². The third kappa shape index (κ3) is 4.15. The highest BCUT2D eigenvalue weighted by Crippen LogP contribution is 2.26. The molecule has 5 nitrogen and oxygen atoms in total. The smallest absolute Gasteiger partial charge is 0.230 e. The molecule has 3 aromatic rings. The van der Waals surface area contributed by atoms with Gasteiger partial charge in [0, 0.05) is 35.6 Å². The fourth-order valence-corrected chi connectivity index (χ4v) is 3.19. The molecular weight excluding hydrogens is 344 g/mol. The fourth-order valence-electron chi connectivity index (χ4n) is 2.12. The molecule has 0 aliphatic carbocycles. The number of nitrogens with zero attached hydrogens (tertiary/aromatic N) is 3. The van der Waals surface area contributed by atoms with Gasteiger partial charge in [0.25, 0.3) is 0 Å². The van der Waals surface area contributed by atoms with Crippen molar-refractivity contribution in [1.82, 2.24) is 20.1 Å². The van der Waals surface area contributed by atoms with Crippen LogP contribution in [0.2, 0.25) is 5.02 Å². The highest BCUT2D eigenvalue weighted by atomic mass is 35.5. The van der Waals surface area contributed by atoms with Gasteiger partial charge in [-0.05, 0) is 24.3 Å².